The van der Waals surface area contributed by atoms with E-state index >= 15 is 0 Å². The van der Waals surface area contributed by atoms with Gasteiger partial charge in [0, 0.05) is 36.3 Å². The van der Waals surface area contributed by atoms with Gasteiger partial charge in [-0.2, -0.15) is 0 Å². The van der Waals surface area contributed by atoms with Crippen LogP contribution in [0, 0.1) is 13.8 Å². The van der Waals surface area contributed by atoms with Crippen LogP contribution >= 0.6 is 0 Å². The standard InChI is InChI=1S/C21H22N2O5/c1-4-22-13(2)10-17(14(22)3)18(24)12-28-21(27)15-6-5-7-16(11-15)23-19(25)8-9-20(23)26/h5-7,10-11H,4,8-9,12H2,1-3H3. The van der Waals surface area contributed by atoms with E-state index in [0.29, 0.717) is 11.3 Å². The number of carbonyl (C=O) groups is 4. The van der Waals surface area contributed by atoms with Crippen LogP contribution < -0.4 is 4.90 Å². The number of anilines is 1. The number of carbonyl (C=O) groups excluding carboxylic acids is 4. The average Bonchev–Trinajstić information content (AvgIpc) is 3.17. The van der Waals surface area contributed by atoms with Crippen LogP contribution in [0.4, 0.5) is 5.69 Å². The fourth-order valence-electron chi connectivity index (χ4n) is 3.50. The van der Waals surface area contributed by atoms with Crippen molar-refractivity contribution >= 4 is 29.3 Å². The lowest BCUT2D eigenvalue weighted by molar-refractivity contribution is -0.121. The molecule has 0 bridgehead atoms. The van der Waals surface area contributed by atoms with Crippen LogP contribution in [-0.4, -0.2) is 34.7 Å². The third kappa shape index (κ3) is 3.60. The second-order valence-corrected chi connectivity index (χ2v) is 6.70. The Morgan fingerprint density at radius 2 is 1.75 bits per heavy atom. The first-order chi connectivity index (χ1) is 13.3. The van der Waals surface area contributed by atoms with Crippen molar-refractivity contribution in [1.29, 1.82) is 0 Å². The fourth-order valence-corrected chi connectivity index (χ4v) is 3.50. The third-order valence-corrected chi connectivity index (χ3v) is 4.92. The van der Waals surface area contributed by atoms with Crippen molar-refractivity contribution in [3.05, 3.63) is 52.8 Å². The van der Waals surface area contributed by atoms with E-state index in [9.17, 15) is 19.2 Å². The molecule has 1 saturated heterocycles. The maximum absolute atomic E-state index is 12.5. The molecule has 2 amide bonds. The number of amides is 2. The number of rotatable bonds is 6. The number of ketones is 1. The number of aromatic nitrogens is 1. The van der Waals surface area contributed by atoms with Gasteiger partial charge in [0.1, 0.15) is 0 Å². The minimum atomic E-state index is -0.682. The summed E-state index contributed by atoms with van der Waals surface area (Å²) in [6.07, 6.45) is 0.330. The first-order valence-corrected chi connectivity index (χ1v) is 9.16. The van der Waals surface area contributed by atoms with Crippen LogP contribution in [0.15, 0.2) is 30.3 Å². The van der Waals surface area contributed by atoms with Crippen molar-refractivity contribution in [1.82, 2.24) is 4.57 Å². The van der Waals surface area contributed by atoms with Crippen LogP contribution in [0.3, 0.4) is 0 Å². The number of ether oxygens (including phenoxy) is 1. The van der Waals surface area contributed by atoms with Crippen molar-refractivity contribution in [3.63, 3.8) is 0 Å². The van der Waals surface area contributed by atoms with Gasteiger partial charge < -0.3 is 9.30 Å². The van der Waals surface area contributed by atoms with Gasteiger partial charge in [0.15, 0.2) is 6.61 Å². The molecule has 0 unspecified atom stereocenters. The van der Waals surface area contributed by atoms with Gasteiger partial charge in [-0.1, -0.05) is 6.07 Å². The van der Waals surface area contributed by atoms with Gasteiger partial charge in [0.05, 0.1) is 11.3 Å². The molecule has 3 rings (SSSR count). The van der Waals surface area contributed by atoms with E-state index in [1.807, 2.05) is 25.3 Å². The molecule has 7 nitrogen and oxygen atoms in total. The molecule has 0 radical (unpaired) electrons. The Bertz CT molecular complexity index is 957. The lowest BCUT2D eigenvalue weighted by Gasteiger charge is -2.14. The van der Waals surface area contributed by atoms with Crippen LogP contribution in [0.1, 0.15) is 51.9 Å². The summed E-state index contributed by atoms with van der Waals surface area (Å²) in [7, 11) is 0. The molecule has 1 aromatic carbocycles. The molecule has 1 aliphatic rings. The summed E-state index contributed by atoms with van der Waals surface area (Å²) in [4.78, 5) is 49.6. The SMILES string of the molecule is CCn1c(C)cc(C(=O)COC(=O)c2cccc(N3C(=O)CCC3=O)c2)c1C. The summed E-state index contributed by atoms with van der Waals surface area (Å²) in [5.41, 5.74) is 2.86. The fraction of sp³-hybridized carbons (Fsp3) is 0.333. The Morgan fingerprint density at radius 1 is 1.07 bits per heavy atom. The third-order valence-electron chi connectivity index (χ3n) is 4.92. The lowest BCUT2D eigenvalue weighted by atomic mass is 10.1. The normalized spacial score (nSPS) is 13.9. The summed E-state index contributed by atoms with van der Waals surface area (Å²) in [5.74, 6) is -1.55. The molecule has 28 heavy (non-hydrogen) atoms. The molecule has 1 fully saturated rings. The maximum Gasteiger partial charge on any atom is 0.338 e. The quantitative estimate of drug-likeness (QED) is 0.436. The predicted molar refractivity (Wildman–Crippen MR) is 102 cm³/mol. The first-order valence-electron chi connectivity index (χ1n) is 9.16. The van der Waals surface area contributed by atoms with Crippen LogP contribution in [-0.2, 0) is 20.9 Å². The molecule has 0 atom stereocenters. The maximum atomic E-state index is 12.5. The highest BCUT2D eigenvalue weighted by Crippen LogP contribution is 2.24. The van der Waals surface area contributed by atoms with Crippen LogP contribution in [0.2, 0.25) is 0 Å². The molecule has 0 N–H and O–H groups in total. The zero-order valence-corrected chi connectivity index (χ0v) is 16.2. The van der Waals surface area contributed by atoms with E-state index in [0.717, 1.165) is 22.8 Å². The van der Waals surface area contributed by atoms with E-state index in [-0.39, 0.29) is 42.6 Å². The summed E-state index contributed by atoms with van der Waals surface area (Å²) < 4.78 is 7.18. The average molecular weight is 382 g/mol. The van der Waals surface area contributed by atoms with Crippen molar-refractivity contribution in [3.8, 4) is 0 Å². The molecule has 7 heteroatoms. The largest absolute Gasteiger partial charge is 0.454 e. The highest BCUT2D eigenvalue weighted by atomic mass is 16.5. The zero-order valence-electron chi connectivity index (χ0n) is 16.2. The molecule has 0 aliphatic carbocycles. The van der Waals surface area contributed by atoms with Crippen molar-refractivity contribution in [2.45, 2.75) is 40.2 Å². The molecule has 0 saturated carbocycles. The number of aryl methyl sites for hydroxylation is 1. The van der Waals surface area contributed by atoms with Gasteiger partial charge in [0.25, 0.3) is 0 Å². The van der Waals surface area contributed by atoms with E-state index in [1.54, 1.807) is 18.2 Å². The number of esters is 1. The van der Waals surface area contributed by atoms with Gasteiger partial charge in [-0.15, -0.1) is 0 Å². The Hall–Kier alpha value is -3.22. The van der Waals surface area contributed by atoms with E-state index in [2.05, 4.69) is 0 Å². The Morgan fingerprint density at radius 3 is 2.36 bits per heavy atom. The minimum Gasteiger partial charge on any atom is -0.454 e. The number of hydrogen-bond acceptors (Lipinski definition) is 5. The predicted octanol–water partition coefficient (Wildman–Crippen LogP) is 2.82. The summed E-state index contributed by atoms with van der Waals surface area (Å²) >= 11 is 0. The number of nitrogens with zero attached hydrogens (tertiary/aromatic N) is 2. The van der Waals surface area contributed by atoms with Crippen molar-refractivity contribution < 1.29 is 23.9 Å². The number of hydrogen-bond donors (Lipinski definition) is 0. The van der Waals surface area contributed by atoms with E-state index in [4.69, 9.17) is 4.74 Å². The van der Waals surface area contributed by atoms with Gasteiger partial charge in [-0.3, -0.25) is 19.3 Å². The minimum absolute atomic E-state index is 0.165. The summed E-state index contributed by atoms with van der Waals surface area (Å²) in [6.45, 7) is 6.16. The number of imide groups is 1. The second kappa shape index (κ2) is 7.80. The highest BCUT2D eigenvalue weighted by Gasteiger charge is 2.30. The van der Waals surface area contributed by atoms with Gasteiger partial charge in [-0.25, -0.2) is 4.79 Å². The summed E-state index contributed by atoms with van der Waals surface area (Å²) in [5, 5.41) is 0. The lowest BCUT2D eigenvalue weighted by Crippen LogP contribution is -2.28. The Balaban J connectivity index is 1.70. The van der Waals surface area contributed by atoms with Gasteiger partial charge in [-0.05, 0) is 45.0 Å². The zero-order chi connectivity index (χ0) is 20.4. The number of Topliss-reactive ketones (excluding diaryl/α,β-unsaturated/α-hetero) is 1. The Labute approximate surface area is 162 Å². The number of benzene rings is 1. The van der Waals surface area contributed by atoms with Gasteiger partial charge >= 0.3 is 5.97 Å². The molecule has 1 aliphatic heterocycles. The monoisotopic (exact) mass is 382 g/mol. The Kier molecular flexibility index (Phi) is 5.44. The molecular weight excluding hydrogens is 360 g/mol. The van der Waals surface area contributed by atoms with Crippen molar-refractivity contribution in [2.24, 2.45) is 0 Å². The van der Waals surface area contributed by atoms with Crippen LogP contribution in [0.25, 0.3) is 0 Å². The van der Waals surface area contributed by atoms with E-state index < -0.39 is 5.97 Å². The molecular formula is C21H22N2O5. The van der Waals surface area contributed by atoms with Crippen molar-refractivity contribution in [2.75, 3.05) is 11.5 Å². The van der Waals surface area contributed by atoms with E-state index in [1.165, 1.54) is 12.1 Å². The second-order valence-electron chi connectivity index (χ2n) is 6.70. The smallest absolute Gasteiger partial charge is 0.338 e. The molecule has 0 spiro atoms. The molecule has 2 heterocycles. The first kappa shape index (κ1) is 19.5. The van der Waals surface area contributed by atoms with Gasteiger partial charge in [0.2, 0.25) is 17.6 Å². The summed E-state index contributed by atoms with van der Waals surface area (Å²) in [6, 6.07) is 7.89. The topological polar surface area (TPSA) is 85.7 Å². The molecule has 1 aromatic heterocycles. The molecule has 146 valence electrons. The van der Waals surface area contributed by atoms with Crippen LogP contribution in [0.5, 0.6) is 0 Å². The molecule has 2 aromatic rings. The highest BCUT2D eigenvalue weighted by molar-refractivity contribution is 6.20.